The number of ketones is 1. The lowest BCUT2D eigenvalue weighted by Crippen LogP contribution is -2.31. The van der Waals surface area contributed by atoms with Gasteiger partial charge in [-0.2, -0.15) is 0 Å². The lowest BCUT2D eigenvalue weighted by Gasteiger charge is -2.25. The average molecular weight is 410 g/mol. The van der Waals surface area contributed by atoms with E-state index in [0.29, 0.717) is 24.2 Å². The molecule has 1 saturated heterocycles. The zero-order valence-corrected chi connectivity index (χ0v) is 16.7. The second kappa shape index (κ2) is 8.87. The topological polar surface area (TPSA) is 110 Å². The number of aryl methyl sites for hydroxylation is 1. The van der Waals surface area contributed by atoms with E-state index in [4.69, 9.17) is 4.74 Å². The molecule has 0 aliphatic carbocycles. The predicted octanol–water partition coefficient (Wildman–Crippen LogP) is 3.36. The smallest absolute Gasteiger partial charge is 0.295 e. The Bertz CT molecular complexity index is 995. The standard InChI is InChI=1S/C22H22N2O6/c1-14-4-6-16(7-5-14)20(25)18-19(15-8-10-17(11-9-15)24(28)29)23(12-3-13-30-2)22(27)21(18)26/h4-11,19,25H,3,12-13H2,1-2H3/b20-18+/t19-/m1/s1. The maximum absolute atomic E-state index is 12.8. The number of Topliss-reactive ketones (excluding diaryl/α,β-unsaturated/α-hetero) is 1. The van der Waals surface area contributed by atoms with Gasteiger partial charge in [-0.3, -0.25) is 19.7 Å². The maximum Gasteiger partial charge on any atom is 0.295 e. The van der Waals surface area contributed by atoms with Crippen LogP contribution < -0.4 is 0 Å². The summed E-state index contributed by atoms with van der Waals surface area (Å²) in [6.07, 6.45) is 0.498. The molecule has 0 spiro atoms. The minimum atomic E-state index is -0.844. The minimum Gasteiger partial charge on any atom is -0.507 e. The molecule has 0 bridgehead atoms. The van der Waals surface area contributed by atoms with Gasteiger partial charge in [0.05, 0.1) is 16.5 Å². The first kappa shape index (κ1) is 21.2. The maximum atomic E-state index is 12.8. The number of carbonyl (C=O) groups excluding carboxylic acids is 2. The lowest BCUT2D eigenvalue weighted by atomic mass is 9.95. The molecule has 0 radical (unpaired) electrons. The number of carbonyl (C=O) groups is 2. The van der Waals surface area contributed by atoms with E-state index in [-0.39, 0.29) is 23.6 Å². The summed E-state index contributed by atoms with van der Waals surface area (Å²) in [5, 5.41) is 21.9. The normalized spacial score (nSPS) is 18.1. The molecule has 2 aromatic rings. The average Bonchev–Trinajstić information content (AvgIpc) is 2.99. The van der Waals surface area contributed by atoms with Crippen LogP contribution in [0.2, 0.25) is 0 Å². The number of methoxy groups -OCH3 is 1. The number of hydrogen-bond acceptors (Lipinski definition) is 6. The third-order valence-corrected chi connectivity index (χ3v) is 5.03. The number of hydrogen-bond donors (Lipinski definition) is 1. The van der Waals surface area contributed by atoms with Gasteiger partial charge >= 0.3 is 0 Å². The van der Waals surface area contributed by atoms with Crippen LogP contribution in [-0.4, -0.2) is 46.9 Å². The van der Waals surface area contributed by atoms with Gasteiger partial charge in [0.1, 0.15) is 5.76 Å². The highest BCUT2D eigenvalue weighted by molar-refractivity contribution is 6.46. The molecule has 1 heterocycles. The van der Waals surface area contributed by atoms with Crippen molar-refractivity contribution in [2.75, 3.05) is 20.3 Å². The van der Waals surface area contributed by atoms with Gasteiger partial charge in [0, 0.05) is 38.0 Å². The van der Waals surface area contributed by atoms with Crippen molar-refractivity contribution in [1.82, 2.24) is 4.90 Å². The van der Waals surface area contributed by atoms with Gasteiger partial charge in [-0.25, -0.2) is 0 Å². The van der Waals surface area contributed by atoms with Gasteiger partial charge in [-0.1, -0.05) is 29.8 Å². The highest BCUT2D eigenvalue weighted by atomic mass is 16.6. The van der Waals surface area contributed by atoms with Crippen molar-refractivity contribution in [3.8, 4) is 0 Å². The fourth-order valence-corrected chi connectivity index (χ4v) is 3.48. The second-order valence-corrected chi connectivity index (χ2v) is 7.05. The van der Waals surface area contributed by atoms with Crippen molar-refractivity contribution >= 4 is 23.1 Å². The zero-order valence-electron chi connectivity index (χ0n) is 16.7. The summed E-state index contributed by atoms with van der Waals surface area (Å²) in [7, 11) is 1.54. The Kier molecular flexibility index (Phi) is 6.27. The summed E-state index contributed by atoms with van der Waals surface area (Å²) in [6.45, 7) is 2.54. The lowest BCUT2D eigenvalue weighted by molar-refractivity contribution is -0.384. The van der Waals surface area contributed by atoms with Gasteiger partial charge in [0.15, 0.2) is 0 Å². The molecule has 1 aliphatic rings. The number of rotatable bonds is 7. The number of likely N-dealkylation sites (tertiary alicyclic amines) is 1. The van der Waals surface area contributed by atoms with Crippen LogP contribution in [0.1, 0.15) is 29.2 Å². The predicted molar refractivity (Wildman–Crippen MR) is 110 cm³/mol. The molecule has 0 saturated carbocycles. The van der Waals surface area contributed by atoms with Crippen LogP contribution in [0, 0.1) is 17.0 Å². The summed E-state index contributed by atoms with van der Waals surface area (Å²) in [6, 6.07) is 11.7. The fourth-order valence-electron chi connectivity index (χ4n) is 3.48. The Morgan fingerprint density at radius 2 is 1.77 bits per heavy atom. The molecule has 1 aliphatic heterocycles. The van der Waals surface area contributed by atoms with Crippen LogP contribution in [0.3, 0.4) is 0 Å². The molecule has 3 rings (SSSR count). The molecule has 1 amide bonds. The van der Waals surface area contributed by atoms with Gasteiger partial charge in [0.25, 0.3) is 17.4 Å². The zero-order chi connectivity index (χ0) is 21.8. The van der Waals surface area contributed by atoms with Crippen LogP contribution in [-0.2, 0) is 14.3 Å². The Morgan fingerprint density at radius 3 is 2.33 bits per heavy atom. The number of nitro groups is 1. The number of amides is 1. The molecule has 2 aromatic carbocycles. The highest BCUT2D eigenvalue weighted by Crippen LogP contribution is 2.39. The molecule has 1 fully saturated rings. The molecular weight excluding hydrogens is 388 g/mol. The third kappa shape index (κ3) is 4.08. The number of non-ortho nitro benzene ring substituents is 1. The molecular formula is C22H22N2O6. The quantitative estimate of drug-likeness (QED) is 0.187. The van der Waals surface area contributed by atoms with Gasteiger partial charge in [-0.05, 0) is 31.0 Å². The molecule has 156 valence electrons. The van der Waals surface area contributed by atoms with Gasteiger partial charge < -0.3 is 14.7 Å². The molecule has 8 heteroatoms. The first-order valence-corrected chi connectivity index (χ1v) is 9.44. The largest absolute Gasteiger partial charge is 0.507 e. The minimum absolute atomic E-state index is 0.0323. The molecule has 1 N–H and O–H groups in total. The highest BCUT2D eigenvalue weighted by Gasteiger charge is 2.45. The number of aliphatic hydroxyl groups excluding tert-OH is 1. The van der Waals surface area contributed by atoms with Crippen LogP contribution in [0.15, 0.2) is 54.1 Å². The SMILES string of the molecule is COCCCN1C(=O)C(=O)/C(=C(/O)c2ccc(C)cc2)[C@H]1c1ccc([N+](=O)[O-])cc1. The fraction of sp³-hybridized carbons (Fsp3) is 0.273. The molecule has 30 heavy (non-hydrogen) atoms. The van der Waals surface area contributed by atoms with Crippen molar-refractivity contribution in [2.24, 2.45) is 0 Å². The number of aliphatic hydroxyl groups is 1. The van der Waals surface area contributed by atoms with Crippen molar-refractivity contribution in [2.45, 2.75) is 19.4 Å². The van der Waals surface area contributed by atoms with E-state index in [1.807, 2.05) is 6.92 Å². The Labute approximate surface area is 173 Å². The van der Waals surface area contributed by atoms with Crippen LogP contribution in [0.25, 0.3) is 5.76 Å². The van der Waals surface area contributed by atoms with E-state index in [2.05, 4.69) is 0 Å². The summed E-state index contributed by atoms with van der Waals surface area (Å²) in [4.78, 5) is 37.4. The first-order valence-electron chi connectivity index (χ1n) is 9.44. The Balaban J connectivity index is 2.11. The summed E-state index contributed by atoms with van der Waals surface area (Å²) in [5.41, 5.74) is 1.77. The Hall–Kier alpha value is -3.52. The van der Waals surface area contributed by atoms with Crippen molar-refractivity contribution in [1.29, 1.82) is 0 Å². The van der Waals surface area contributed by atoms with Crippen molar-refractivity contribution in [3.63, 3.8) is 0 Å². The summed E-state index contributed by atoms with van der Waals surface area (Å²) in [5.74, 6) is -1.78. The van der Waals surface area contributed by atoms with E-state index < -0.39 is 22.7 Å². The van der Waals surface area contributed by atoms with Crippen molar-refractivity contribution < 1.29 is 24.4 Å². The molecule has 0 unspecified atom stereocenters. The van der Waals surface area contributed by atoms with Crippen LogP contribution in [0.5, 0.6) is 0 Å². The summed E-state index contributed by atoms with van der Waals surface area (Å²) < 4.78 is 5.04. The number of nitrogens with zero attached hydrogens (tertiary/aromatic N) is 2. The van der Waals surface area contributed by atoms with Crippen LogP contribution in [0.4, 0.5) is 5.69 Å². The molecule has 1 atom stereocenters. The van der Waals surface area contributed by atoms with E-state index in [0.717, 1.165) is 5.56 Å². The first-order chi connectivity index (χ1) is 14.3. The van der Waals surface area contributed by atoms with E-state index in [1.54, 1.807) is 31.4 Å². The van der Waals surface area contributed by atoms with Gasteiger partial charge in [-0.15, -0.1) is 0 Å². The van der Waals surface area contributed by atoms with E-state index >= 15 is 0 Å². The summed E-state index contributed by atoms with van der Waals surface area (Å²) >= 11 is 0. The number of benzene rings is 2. The van der Waals surface area contributed by atoms with E-state index in [9.17, 15) is 24.8 Å². The van der Waals surface area contributed by atoms with Crippen LogP contribution >= 0.6 is 0 Å². The van der Waals surface area contributed by atoms with Crippen molar-refractivity contribution in [3.05, 3.63) is 80.9 Å². The molecule has 8 nitrogen and oxygen atoms in total. The monoisotopic (exact) mass is 410 g/mol. The third-order valence-electron chi connectivity index (χ3n) is 5.03. The second-order valence-electron chi connectivity index (χ2n) is 7.05. The number of nitro benzene ring substituents is 1. The Morgan fingerprint density at radius 1 is 1.13 bits per heavy atom. The van der Waals surface area contributed by atoms with Gasteiger partial charge in [0.2, 0.25) is 0 Å². The molecule has 0 aromatic heterocycles. The van der Waals surface area contributed by atoms with E-state index in [1.165, 1.54) is 29.2 Å². The number of ether oxygens (including phenoxy) is 1.